The number of benzene rings is 1. The Labute approximate surface area is 155 Å². The third-order valence-electron chi connectivity index (χ3n) is 3.82. The molecular formula is C18H16ClN7. The van der Waals surface area contributed by atoms with Gasteiger partial charge >= 0.3 is 0 Å². The van der Waals surface area contributed by atoms with Gasteiger partial charge in [-0.25, -0.2) is 15.0 Å². The van der Waals surface area contributed by atoms with Crippen molar-refractivity contribution in [3.05, 3.63) is 53.8 Å². The Balaban J connectivity index is 1.75. The highest BCUT2D eigenvalue weighted by Gasteiger charge is 2.12. The number of nitrogens with zero attached hydrogens (tertiary/aromatic N) is 5. The van der Waals surface area contributed by atoms with Crippen molar-refractivity contribution in [1.29, 1.82) is 0 Å². The van der Waals surface area contributed by atoms with Crippen molar-refractivity contribution >= 4 is 40.2 Å². The predicted octanol–water partition coefficient (Wildman–Crippen LogP) is 3.88. The Morgan fingerprint density at radius 3 is 2.62 bits per heavy atom. The number of hydrogen-bond acceptors (Lipinski definition) is 6. The first kappa shape index (κ1) is 16.3. The van der Waals surface area contributed by atoms with Gasteiger partial charge in [0.05, 0.1) is 10.5 Å². The summed E-state index contributed by atoms with van der Waals surface area (Å²) < 4.78 is 0. The third-order valence-corrected chi connectivity index (χ3v) is 4.15. The van der Waals surface area contributed by atoms with Crippen molar-refractivity contribution in [3.8, 4) is 11.4 Å². The van der Waals surface area contributed by atoms with E-state index in [0.29, 0.717) is 28.4 Å². The first-order valence-corrected chi connectivity index (χ1v) is 8.36. The molecule has 0 aliphatic rings. The average molecular weight is 366 g/mol. The van der Waals surface area contributed by atoms with Gasteiger partial charge in [-0.1, -0.05) is 23.7 Å². The topological polar surface area (TPSA) is 82.6 Å². The largest absolute Gasteiger partial charge is 0.347 e. The maximum Gasteiger partial charge on any atom is 0.226 e. The summed E-state index contributed by atoms with van der Waals surface area (Å²) in [5.41, 5.74) is 2.42. The van der Waals surface area contributed by atoms with E-state index in [4.69, 9.17) is 11.6 Å². The van der Waals surface area contributed by atoms with Crippen molar-refractivity contribution in [2.45, 2.75) is 0 Å². The molecular weight excluding hydrogens is 350 g/mol. The summed E-state index contributed by atoms with van der Waals surface area (Å²) in [5.74, 6) is 2.59. The van der Waals surface area contributed by atoms with E-state index in [1.54, 1.807) is 18.5 Å². The molecule has 0 saturated heterocycles. The molecule has 0 bridgehead atoms. The summed E-state index contributed by atoms with van der Waals surface area (Å²) in [7, 11) is 3.78. The molecule has 2 N–H and O–H groups in total. The molecule has 4 rings (SSSR count). The molecule has 0 unspecified atom stereocenters. The van der Waals surface area contributed by atoms with E-state index < -0.39 is 0 Å². The fourth-order valence-electron chi connectivity index (χ4n) is 2.57. The molecule has 0 aliphatic carbocycles. The summed E-state index contributed by atoms with van der Waals surface area (Å²) in [6, 6.07) is 11.2. The van der Waals surface area contributed by atoms with Gasteiger partial charge in [-0.3, -0.25) is 0 Å². The number of aromatic nitrogens is 5. The Kier molecular flexibility index (Phi) is 4.14. The van der Waals surface area contributed by atoms with Gasteiger partial charge in [0.2, 0.25) is 5.95 Å². The van der Waals surface area contributed by atoms with E-state index in [2.05, 4.69) is 30.2 Å². The van der Waals surface area contributed by atoms with E-state index in [9.17, 15) is 0 Å². The lowest BCUT2D eigenvalue weighted by Gasteiger charge is -2.11. The van der Waals surface area contributed by atoms with E-state index in [1.165, 1.54) is 0 Å². The van der Waals surface area contributed by atoms with Gasteiger partial charge in [-0.2, -0.15) is 4.98 Å². The molecule has 0 atom stereocenters. The Morgan fingerprint density at radius 2 is 1.81 bits per heavy atom. The van der Waals surface area contributed by atoms with E-state index in [1.807, 2.05) is 49.3 Å². The highest BCUT2D eigenvalue weighted by atomic mass is 35.5. The summed E-state index contributed by atoms with van der Waals surface area (Å²) in [4.78, 5) is 22.9. The van der Waals surface area contributed by atoms with Crippen molar-refractivity contribution in [2.24, 2.45) is 0 Å². The predicted molar refractivity (Wildman–Crippen MR) is 104 cm³/mol. The highest BCUT2D eigenvalue weighted by molar-refractivity contribution is 6.33. The SMILES string of the molecule is CN(C)c1nccc(Nc2nccc3nc(-c4ccccc4Cl)[nH]c23)n1. The van der Waals surface area contributed by atoms with Crippen LogP contribution in [-0.2, 0) is 0 Å². The lowest BCUT2D eigenvalue weighted by Crippen LogP contribution is -2.13. The van der Waals surface area contributed by atoms with Crippen LogP contribution in [0.3, 0.4) is 0 Å². The van der Waals surface area contributed by atoms with Gasteiger partial charge in [-0.05, 0) is 24.3 Å². The third kappa shape index (κ3) is 3.04. The number of pyridine rings is 1. The van der Waals surface area contributed by atoms with Gasteiger partial charge in [0.15, 0.2) is 5.82 Å². The number of rotatable bonds is 4. The van der Waals surface area contributed by atoms with Gasteiger partial charge in [-0.15, -0.1) is 0 Å². The molecule has 26 heavy (non-hydrogen) atoms. The maximum absolute atomic E-state index is 6.29. The summed E-state index contributed by atoms with van der Waals surface area (Å²) in [6.07, 6.45) is 3.41. The Morgan fingerprint density at radius 1 is 1.00 bits per heavy atom. The standard InChI is InChI=1S/C18H16ClN7/c1-26(2)18-21-10-8-14(24-18)23-17-15-13(7-9-20-17)22-16(25-15)11-5-3-4-6-12(11)19/h3-10H,1-2H3,(H,22,25)(H,20,21,23,24). The van der Waals surface area contributed by atoms with Crippen molar-refractivity contribution in [3.63, 3.8) is 0 Å². The minimum atomic E-state index is 0.614. The van der Waals surface area contributed by atoms with Crippen LogP contribution in [0.2, 0.25) is 5.02 Å². The second kappa shape index (κ2) is 6.61. The number of anilines is 3. The van der Waals surface area contributed by atoms with E-state index in [0.717, 1.165) is 16.6 Å². The first-order chi connectivity index (χ1) is 12.6. The number of H-pyrrole nitrogens is 1. The van der Waals surface area contributed by atoms with E-state index in [-0.39, 0.29) is 0 Å². The number of nitrogens with one attached hydrogen (secondary N) is 2. The molecule has 0 saturated carbocycles. The minimum absolute atomic E-state index is 0.614. The lowest BCUT2D eigenvalue weighted by molar-refractivity contribution is 1.000. The average Bonchev–Trinajstić information content (AvgIpc) is 3.07. The zero-order valence-corrected chi connectivity index (χ0v) is 15.0. The van der Waals surface area contributed by atoms with Gasteiger partial charge in [0.1, 0.15) is 17.2 Å². The molecule has 7 nitrogen and oxygen atoms in total. The molecule has 3 heterocycles. The van der Waals surface area contributed by atoms with Crippen LogP contribution in [0.15, 0.2) is 48.8 Å². The van der Waals surface area contributed by atoms with Crippen LogP contribution < -0.4 is 10.2 Å². The molecule has 0 aliphatic heterocycles. The molecule has 0 radical (unpaired) electrons. The monoisotopic (exact) mass is 365 g/mol. The number of fused-ring (bicyclic) bond motifs is 1. The smallest absolute Gasteiger partial charge is 0.226 e. The van der Waals surface area contributed by atoms with Crippen LogP contribution >= 0.6 is 11.6 Å². The van der Waals surface area contributed by atoms with Crippen LogP contribution in [0.1, 0.15) is 0 Å². The molecule has 0 fully saturated rings. The summed E-state index contributed by atoms with van der Waals surface area (Å²) >= 11 is 6.29. The van der Waals surface area contributed by atoms with Crippen LogP contribution in [0.25, 0.3) is 22.4 Å². The lowest BCUT2D eigenvalue weighted by atomic mass is 10.2. The Hall–Kier alpha value is -3.19. The molecule has 3 aromatic heterocycles. The molecule has 8 heteroatoms. The van der Waals surface area contributed by atoms with Crippen LogP contribution in [0.5, 0.6) is 0 Å². The number of hydrogen-bond donors (Lipinski definition) is 2. The fourth-order valence-corrected chi connectivity index (χ4v) is 2.79. The molecule has 1 aromatic carbocycles. The molecule has 0 amide bonds. The highest BCUT2D eigenvalue weighted by Crippen LogP contribution is 2.29. The number of aromatic amines is 1. The normalized spacial score (nSPS) is 10.9. The summed E-state index contributed by atoms with van der Waals surface area (Å²) in [5, 5.41) is 3.87. The van der Waals surface area contributed by atoms with Crippen molar-refractivity contribution in [2.75, 3.05) is 24.3 Å². The first-order valence-electron chi connectivity index (χ1n) is 7.99. The van der Waals surface area contributed by atoms with Crippen LogP contribution in [-0.4, -0.2) is 39.0 Å². The number of imidazole rings is 1. The second-order valence-electron chi connectivity index (χ2n) is 5.88. The van der Waals surface area contributed by atoms with Crippen molar-refractivity contribution < 1.29 is 0 Å². The van der Waals surface area contributed by atoms with Gasteiger partial charge < -0.3 is 15.2 Å². The van der Waals surface area contributed by atoms with Crippen LogP contribution in [0, 0.1) is 0 Å². The molecule has 0 spiro atoms. The zero-order chi connectivity index (χ0) is 18.1. The van der Waals surface area contributed by atoms with Gasteiger partial charge in [0.25, 0.3) is 0 Å². The van der Waals surface area contributed by atoms with Crippen molar-refractivity contribution in [1.82, 2.24) is 24.9 Å². The summed E-state index contributed by atoms with van der Waals surface area (Å²) in [6.45, 7) is 0. The van der Waals surface area contributed by atoms with Crippen LogP contribution in [0.4, 0.5) is 17.6 Å². The van der Waals surface area contributed by atoms with Gasteiger partial charge in [0, 0.05) is 32.1 Å². The van der Waals surface area contributed by atoms with E-state index >= 15 is 0 Å². The molecule has 4 aromatic rings. The number of halogens is 1. The quantitative estimate of drug-likeness (QED) is 0.571. The minimum Gasteiger partial charge on any atom is -0.347 e. The fraction of sp³-hybridized carbons (Fsp3) is 0.111. The zero-order valence-electron chi connectivity index (χ0n) is 14.2. The second-order valence-corrected chi connectivity index (χ2v) is 6.29. The maximum atomic E-state index is 6.29. The molecule has 130 valence electrons. The Bertz CT molecular complexity index is 1070.